The molecule has 7 heteroatoms. The summed E-state index contributed by atoms with van der Waals surface area (Å²) in [5, 5.41) is 7.25. The summed E-state index contributed by atoms with van der Waals surface area (Å²) in [5.41, 5.74) is 1.51. The van der Waals surface area contributed by atoms with Crippen LogP contribution in [-0.4, -0.2) is 20.7 Å². The second kappa shape index (κ2) is 6.70. The molecule has 0 unspecified atom stereocenters. The highest BCUT2D eigenvalue weighted by atomic mass is 32.1. The van der Waals surface area contributed by atoms with Crippen LogP contribution in [0.2, 0.25) is 0 Å². The molecule has 0 aliphatic carbocycles. The van der Waals surface area contributed by atoms with E-state index in [1.807, 2.05) is 6.07 Å². The predicted octanol–water partition coefficient (Wildman–Crippen LogP) is 3.02. The molecule has 3 aromatic rings. The van der Waals surface area contributed by atoms with Gasteiger partial charge in [0.05, 0.1) is 0 Å². The minimum Gasteiger partial charge on any atom is -0.300 e. The Labute approximate surface area is 136 Å². The molecule has 2 aromatic heterocycles. The average molecular weight is 330 g/mol. The van der Waals surface area contributed by atoms with Gasteiger partial charge in [0.25, 0.3) is 0 Å². The Morgan fingerprint density at radius 1 is 1.43 bits per heavy atom. The highest BCUT2D eigenvalue weighted by Crippen LogP contribution is 2.22. The van der Waals surface area contributed by atoms with Crippen molar-refractivity contribution in [2.45, 2.75) is 19.9 Å². The lowest BCUT2D eigenvalue weighted by Crippen LogP contribution is -2.18. The van der Waals surface area contributed by atoms with E-state index in [1.54, 1.807) is 42.3 Å². The molecule has 0 saturated heterocycles. The molecule has 1 amide bonds. The van der Waals surface area contributed by atoms with E-state index >= 15 is 0 Å². The van der Waals surface area contributed by atoms with Gasteiger partial charge in [-0.3, -0.25) is 9.48 Å². The van der Waals surface area contributed by atoms with Crippen molar-refractivity contribution in [1.82, 2.24) is 14.8 Å². The first kappa shape index (κ1) is 15.4. The van der Waals surface area contributed by atoms with Gasteiger partial charge in [-0.15, -0.1) is 11.3 Å². The number of hydrogen-bond donors (Lipinski definition) is 1. The molecule has 118 valence electrons. The van der Waals surface area contributed by atoms with Crippen LogP contribution >= 0.6 is 11.3 Å². The molecule has 0 fully saturated rings. The molecule has 5 nitrogen and oxygen atoms in total. The molecule has 0 aliphatic rings. The topological polar surface area (TPSA) is 59.8 Å². The molecular formula is C16H15FN4OS. The summed E-state index contributed by atoms with van der Waals surface area (Å²) < 4.78 is 15.1. The van der Waals surface area contributed by atoms with E-state index in [0.29, 0.717) is 17.1 Å². The van der Waals surface area contributed by atoms with Gasteiger partial charge in [0, 0.05) is 29.9 Å². The summed E-state index contributed by atoms with van der Waals surface area (Å²) >= 11 is 1.38. The molecule has 0 atom stereocenters. The van der Waals surface area contributed by atoms with Crippen LogP contribution in [0.25, 0.3) is 0 Å². The van der Waals surface area contributed by atoms with E-state index in [2.05, 4.69) is 15.4 Å². The predicted molar refractivity (Wildman–Crippen MR) is 86.9 cm³/mol. The normalized spacial score (nSPS) is 10.7. The van der Waals surface area contributed by atoms with Gasteiger partial charge < -0.3 is 5.32 Å². The van der Waals surface area contributed by atoms with Crippen molar-refractivity contribution < 1.29 is 9.18 Å². The molecule has 1 aromatic carbocycles. The summed E-state index contributed by atoms with van der Waals surface area (Å²) in [6.45, 7) is 1.88. The Kier molecular flexibility index (Phi) is 4.47. The maximum Gasteiger partial charge on any atom is 0.247 e. The number of nitrogens with zero attached hydrogens (tertiary/aromatic N) is 3. The summed E-state index contributed by atoms with van der Waals surface area (Å²) in [5.74, 6) is -0.393. The number of carbonyl (C=O) groups is 1. The monoisotopic (exact) mass is 330 g/mol. The fraction of sp³-hybridized carbons (Fsp3) is 0.188. The highest BCUT2D eigenvalue weighted by Gasteiger charge is 2.09. The third-order valence-corrected chi connectivity index (χ3v) is 4.19. The number of halogens is 1. The standard InChI is InChI=1S/C16H15FN4OS/c1-11-3-4-12(8-14(11)17)7-13-9-18-16(23-13)20-15(22)10-21-6-2-5-19-21/h2-6,8-9H,7,10H2,1H3,(H,18,20,22). The van der Waals surface area contributed by atoms with Gasteiger partial charge in [0.15, 0.2) is 5.13 Å². The van der Waals surface area contributed by atoms with E-state index in [-0.39, 0.29) is 18.3 Å². The molecule has 1 N–H and O–H groups in total. The maximum atomic E-state index is 13.6. The molecule has 0 radical (unpaired) electrons. The average Bonchev–Trinajstić information content (AvgIpc) is 3.15. The van der Waals surface area contributed by atoms with Crippen molar-refractivity contribution in [3.8, 4) is 0 Å². The van der Waals surface area contributed by atoms with Crippen LogP contribution in [-0.2, 0) is 17.8 Å². The number of benzene rings is 1. The van der Waals surface area contributed by atoms with E-state index in [9.17, 15) is 9.18 Å². The Bertz CT molecular complexity index is 813. The van der Waals surface area contributed by atoms with Gasteiger partial charge in [-0.05, 0) is 30.2 Å². The van der Waals surface area contributed by atoms with Gasteiger partial charge in [-0.1, -0.05) is 12.1 Å². The number of aryl methyl sites for hydroxylation is 1. The number of nitrogens with one attached hydrogen (secondary N) is 1. The third kappa shape index (κ3) is 4.01. The number of aromatic nitrogens is 3. The van der Waals surface area contributed by atoms with Gasteiger partial charge in [0.2, 0.25) is 5.91 Å². The lowest BCUT2D eigenvalue weighted by atomic mass is 10.1. The molecular weight excluding hydrogens is 315 g/mol. The van der Waals surface area contributed by atoms with E-state index in [0.717, 1.165) is 10.4 Å². The summed E-state index contributed by atoms with van der Waals surface area (Å²) in [7, 11) is 0. The first-order chi connectivity index (χ1) is 11.1. The zero-order chi connectivity index (χ0) is 16.2. The number of thiazole rings is 1. The number of hydrogen-bond acceptors (Lipinski definition) is 4. The molecule has 23 heavy (non-hydrogen) atoms. The van der Waals surface area contributed by atoms with Crippen LogP contribution in [0.5, 0.6) is 0 Å². The van der Waals surface area contributed by atoms with Crippen molar-refractivity contribution in [1.29, 1.82) is 0 Å². The highest BCUT2D eigenvalue weighted by molar-refractivity contribution is 7.15. The van der Waals surface area contributed by atoms with E-state index < -0.39 is 0 Å². The summed E-state index contributed by atoms with van der Waals surface area (Å²) in [6, 6.07) is 6.95. The number of rotatable bonds is 5. The van der Waals surface area contributed by atoms with Crippen LogP contribution in [0.1, 0.15) is 16.0 Å². The maximum absolute atomic E-state index is 13.6. The van der Waals surface area contributed by atoms with Crippen molar-refractivity contribution in [3.63, 3.8) is 0 Å². The number of anilines is 1. The second-order valence-electron chi connectivity index (χ2n) is 5.14. The van der Waals surface area contributed by atoms with Crippen molar-refractivity contribution >= 4 is 22.4 Å². The fourth-order valence-electron chi connectivity index (χ4n) is 2.09. The first-order valence-corrected chi connectivity index (χ1v) is 7.89. The summed E-state index contributed by atoms with van der Waals surface area (Å²) in [4.78, 5) is 17.0. The van der Waals surface area contributed by atoms with Crippen LogP contribution in [0.3, 0.4) is 0 Å². The minimum absolute atomic E-state index is 0.144. The van der Waals surface area contributed by atoms with Gasteiger partial charge >= 0.3 is 0 Å². The zero-order valence-electron chi connectivity index (χ0n) is 12.5. The number of amides is 1. The van der Waals surface area contributed by atoms with Crippen LogP contribution < -0.4 is 5.32 Å². The third-order valence-electron chi connectivity index (χ3n) is 3.28. The molecule has 0 bridgehead atoms. The quantitative estimate of drug-likeness (QED) is 0.782. The molecule has 3 rings (SSSR count). The second-order valence-corrected chi connectivity index (χ2v) is 6.26. The molecule has 0 spiro atoms. The van der Waals surface area contributed by atoms with Gasteiger partial charge in [-0.2, -0.15) is 5.10 Å². The smallest absolute Gasteiger partial charge is 0.247 e. The Balaban J connectivity index is 1.61. The van der Waals surface area contributed by atoms with Gasteiger partial charge in [-0.25, -0.2) is 9.37 Å². The fourth-order valence-corrected chi connectivity index (χ4v) is 2.96. The largest absolute Gasteiger partial charge is 0.300 e. The Morgan fingerprint density at radius 2 is 2.30 bits per heavy atom. The molecule has 2 heterocycles. The van der Waals surface area contributed by atoms with Crippen molar-refractivity contribution in [2.24, 2.45) is 0 Å². The number of carbonyl (C=O) groups excluding carboxylic acids is 1. The van der Waals surface area contributed by atoms with Crippen LogP contribution in [0.15, 0.2) is 42.9 Å². The zero-order valence-corrected chi connectivity index (χ0v) is 13.3. The van der Waals surface area contributed by atoms with E-state index in [1.165, 1.54) is 17.4 Å². The molecule has 0 aliphatic heterocycles. The SMILES string of the molecule is Cc1ccc(Cc2cnc(NC(=O)Cn3cccn3)s2)cc1F. The lowest BCUT2D eigenvalue weighted by molar-refractivity contribution is -0.116. The Morgan fingerprint density at radius 3 is 3.04 bits per heavy atom. The Hall–Kier alpha value is -2.54. The lowest BCUT2D eigenvalue weighted by Gasteiger charge is -2.02. The van der Waals surface area contributed by atoms with Gasteiger partial charge in [0.1, 0.15) is 12.4 Å². The first-order valence-electron chi connectivity index (χ1n) is 7.07. The molecule has 0 saturated carbocycles. The van der Waals surface area contributed by atoms with Crippen LogP contribution in [0.4, 0.5) is 9.52 Å². The van der Waals surface area contributed by atoms with Crippen LogP contribution in [0, 0.1) is 12.7 Å². The van der Waals surface area contributed by atoms with E-state index in [4.69, 9.17) is 0 Å². The minimum atomic E-state index is -0.209. The summed E-state index contributed by atoms with van der Waals surface area (Å²) in [6.07, 6.45) is 5.63. The van der Waals surface area contributed by atoms with Crippen molar-refractivity contribution in [3.05, 3.63) is 64.7 Å². The van der Waals surface area contributed by atoms with Crippen molar-refractivity contribution in [2.75, 3.05) is 5.32 Å².